The van der Waals surface area contributed by atoms with Crippen molar-refractivity contribution in [3.8, 4) is 27.8 Å². The number of hydrogen-bond acceptors (Lipinski definition) is 7. The minimum atomic E-state index is -0.313. The predicted octanol–water partition coefficient (Wildman–Crippen LogP) is 3.52. The zero-order valence-electron chi connectivity index (χ0n) is 18.1. The number of thiazole rings is 1. The Labute approximate surface area is 190 Å². The molecule has 0 bridgehead atoms. The molecule has 0 saturated carbocycles. The summed E-state index contributed by atoms with van der Waals surface area (Å²) >= 11 is 1.43. The first-order chi connectivity index (χ1) is 15.5. The normalized spacial score (nSPS) is 10.3. The molecule has 0 unspecified atom stereocenters. The molecule has 0 fully saturated rings. The zero-order valence-corrected chi connectivity index (χ0v) is 19.0. The molecular weight excluding hydrogens is 430 g/mol. The highest BCUT2D eigenvalue weighted by Crippen LogP contribution is 2.33. The molecule has 0 radical (unpaired) electrons. The summed E-state index contributed by atoms with van der Waals surface area (Å²) in [6, 6.07) is 12.6. The van der Waals surface area contributed by atoms with Gasteiger partial charge in [0, 0.05) is 16.6 Å². The summed E-state index contributed by atoms with van der Waals surface area (Å²) in [7, 11) is 3.15. The van der Waals surface area contributed by atoms with Crippen molar-refractivity contribution in [2.24, 2.45) is 0 Å². The van der Waals surface area contributed by atoms with Crippen LogP contribution >= 0.6 is 11.3 Å². The Morgan fingerprint density at radius 3 is 2.44 bits per heavy atom. The van der Waals surface area contributed by atoms with E-state index in [-0.39, 0.29) is 24.8 Å². The summed E-state index contributed by atoms with van der Waals surface area (Å²) in [6.45, 7) is 2.35. The third-order valence-electron chi connectivity index (χ3n) is 4.42. The Morgan fingerprint density at radius 2 is 1.75 bits per heavy atom. The van der Waals surface area contributed by atoms with Crippen LogP contribution in [0.3, 0.4) is 0 Å². The van der Waals surface area contributed by atoms with Gasteiger partial charge in [-0.05, 0) is 49.4 Å². The van der Waals surface area contributed by atoms with Gasteiger partial charge in [-0.25, -0.2) is 4.98 Å². The number of nitrogens with one attached hydrogen (secondary N) is 2. The van der Waals surface area contributed by atoms with E-state index in [1.54, 1.807) is 38.5 Å². The lowest BCUT2D eigenvalue weighted by molar-refractivity contribution is -0.123. The average molecular weight is 456 g/mol. The summed E-state index contributed by atoms with van der Waals surface area (Å²) in [4.78, 5) is 28.8. The first kappa shape index (κ1) is 23.1. The fraction of sp³-hybridized carbons (Fsp3) is 0.261. The fourth-order valence-electron chi connectivity index (χ4n) is 2.90. The van der Waals surface area contributed by atoms with Gasteiger partial charge in [0.05, 0.1) is 39.5 Å². The van der Waals surface area contributed by atoms with Crippen molar-refractivity contribution in [1.29, 1.82) is 0 Å². The SMILES string of the molecule is CCOc1ccc(NC(=O)CNC(=O)Cc2csc(-c3ccc(OC)c(OC)c3)n2)cc1. The highest BCUT2D eigenvalue weighted by Gasteiger charge is 2.12. The van der Waals surface area contributed by atoms with Crippen LogP contribution in [0.2, 0.25) is 0 Å². The van der Waals surface area contributed by atoms with Crippen LogP contribution in [0.25, 0.3) is 10.6 Å². The summed E-state index contributed by atoms with van der Waals surface area (Å²) in [5.41, 5.74) is 2.13. The topological polar surface area (TPSA) is 98.8 Å². The summed E-state index contributed by atoms with van der Waals surface area (Å²) < 4.78 is 15.9. The maximum atomic E-state index is 12.2. The molecule has 8 nitrogen and oxygen atoms in total. The molecule has 1 aromatic heterocycles. The monoisotopic (exact) mass is 455 g/mol. The molecule has 9 heteroatoms. The van der Waals surface area contributed by atoms with Crippen LogP contribution in [0.1, 0.15) is 12.6 Å². The molecular formula is C23H25N3O5S. The van der Waals surface area contributed by atoms with E-state index in [1.807, 2.05) is 30.5 Å². The van der Waals surface area contributed by atoms with Crippen molar-refractivity contribution >= 4 is 28.8 Å². The summed E-state index contributed by atoms with van der Waals surface area (Å²) in [5, 5.41) is 7.94. The van der Waals surface area contributed by atoms with Crippen LogP contribution in [-0.4, -0.2) is 44.2 Å². The number of nitrogens with zero attached hydrogens (tertiary/aromatic N) is 1. The van der Waals surface area contributed by atoms with E-state index in [1.165, 1.54) is 11.3 Å². The van der Waals surface area contributed by atoms with Gasteiger partial charge in [0.2, 0.25) is 11.8 Å². The van der Waals surface area contributed by atoms with Crippen LogP contribution in [0.4, 0.5) is 5.69 Å². The lowest BCUT2D eigenvalue weighted by Crippen LogP contribution is -2.33. The molecule has 2 N–H and O–H groups in total. The lowest BCUT2D eigenvalue weighted by atomic mass is 10.2. The molecule has 2 amide bonds. The number of aromatic nitrogens is 1. The quantitative estimate of drug-likeness (QED) is 0.485. The largest absolute Gasteiger partial charge is 0.494 e. The first-order valence-corrected chi connectivity index (χ1v) is 10.9. The summed E-state index contributed by atoms with van der Waals surface area (Å²) in [5.74, 6) is 1.38. The second kappa shape index (κ2) is 11.1. The molecule has 2 aromatic carbocycles. The van der Waals surface area contributed by atoms with Crippen molar-refractivity contribution in [2.75, 3.05) is 32.7 Å². The number of amides is 2. The first-order valence-electron chi connectivity index (χ1n) is 9.98. The highest BCUT2D eigenvalue weighted by atomic mass is 32.1. The number of carbonyl (C=O) groups is 2. The van der Waals surface area contributed by atoms with Crippen LogP contribution in [-0.2, 0) is 16.0 Å². The number of carbonyl (C=O) groups excluding carboxylic acids is 2. The Balaban J connectivity index is 1.50. The van der Waals surface area contributed by atoms with Crippen LogP contribution in [0.15, 0.2) is 47.8 Å². The van der Waals surface area contributed by atoms with Gasteiger partial charge in [-0.3, -0.25) is 9.59 Å². The van der Waals surface area contributed by atoms with Crippen molar-refractivity contribution in [1.82, 2.24) is 10.3 Å². The maximum Gasteiger partial charge on any atom is 0.243 e. The van der Waals surface area contributed by atoms with E-state index >= 15 is 0 Å². The van der Waals surface area contributed by atoms with Crippen molar-refractivity contribution < 1.29 is 23.8 Å². The third kappa shape index (κ3) is 6.21. The van der Waals surface area contributed by atoms with Crippen LogP contribution in [0.5, 0.6) is 17.2 Å². The van der Waals surface area contributed by atoms with Crippen molar-refractivity contribution in [2.45, 2.75) is 13.3 Å². The van der Waals surface area contributed by atoms with Gasteiger partial charge in [-0.1, -0.05) is 0 Å². The van der Waals surface area contributed by atoms with E-state index in [0.29, 0.717) is 29.5 Å². The molecule has 1 heterocycles. The Bertz CT molecular complexity index is 1070. The number of methoxy groups -OCH3 is 2. The standard InChI is InChI=1S/C23H25N3O5S/c1-4-31-18-8-6-16(7-9-18)25-22(28)13-24-21(27)12-17-14-32-23(26-17)15-5-10-19(29-2)20(11-15)30-3/h5-11,14H,4,12-13H2,1-3H3,(H,24,27)(H,25,28). The zero-order chi connectivity index (χ0) is 22.9. The van der Waals surface area contributed by atoms with Gasteiger partial charge < -0.3 is 24.8 Å². The van der Waals surface area contributed by atoms with E-state index in [0.717, 1.165) is 16.3 Å². The van der Waals surface area contributed by atoms with E-state index < -0.39 is 0 Å². The molecule has 0 aliphatic heterocycles. The van der Waals surface area contributed by atoms with Gasteiger partial charge in [0.15, 0.2) is 11.5 Å². The number of benzene rings is 2. The van der Waals surface area contributed by atoms with E-state index in [9.17, 15) is 9.59 Å². The van der Waals surface area contributed by atoms with Crippen LogP contribution < -0.4 is 24.8 Å². The smallest absolute Gasteiger partial charge is 0.243 e. The van der Waals surface area contributed by atoms with E-state index in [2.05, 4.69) is 15.6 Å². The Kier molecular flexibility index (Phi) is 8.04. The number of ether oxygens (including phenoxy) is 3. The Morgan fingerprint density at radius 1 is 1.00 bits per heavy atom. The lowest BCUT2D eigenvalue weighted by Gasteiger charge is -2.08. The van der Waals surface area contributed by atoms with E-state index in [4.69, 9.17) is 14.2 Å². The minimum Gasteiger partial charge on any atom is -0.494 e. The molecule has 0 atom stereocenters. The molecule has 168 valence electrons. The van der Waals surface area contributed by atoms with Crippen molar-refractivity contribution in [3.63, 3.8) is 0 Å². The molecule has 0 aliphatic carbocycles. The molecule has 3 aromatic rings. The molecule has 32 heavy (non-hydrogen) atoms. The van der Waals surface area contributed by atoms with Gasteiger partial charge in [0.1, 0.15) is 10.8 Å². The minimum absolute atomic E-state index is 0.0835. The summed E-state index contributed by atoms with van der Waals surface area (Å²) in [6.07, 6.45) is 0.0835. The number of hydrogen-bond donors (Lipinski definition) is 2. The third-order valence-corrected chi connectivity index (χ3v) is 5.36. The predicted molar refractivity (Wildman–Crippen MR) is 124 cm³/mol. The number of anilines is 1. The maximum absolute atomic E-state index is 12.2. The molecule has 0 aliphatic rings. The van der Waals surface area contributed by atoms with Gasteiger partial charge in [0.25, 0.3) is 0 Å². The Hall–Kier alpha value is -3.59. The second-order valence-electron chi connectivity index (χ2n) is 6.67. The average Bonchev–Trinajstić information content (AvgIpc) is 3.27. The highest BCUT2D eigenvalue weighted by molar-refractivity contribution is 7.13. The van der Waals surface area contributed by atoms with Gasteiger partial charge >= 0.3 is 0 Å². The van der Waals surface area contributed by atoms with Crippen molar-refractivity contribution in [3.05, 3.63) is 53.5 Å². The second-order valence-corrected chi connectivity index (χ2v) is 7.53. The molecule has 0 spiro atoms. The molecule has 0 saturated heterocycles. The molecule has 3 rings (SSSR count). The van der Waals surface area contributed by atoms with Crippen LogP contribution in [0, 0.1) is 0 Å². The van der Waals surface area contributed by atoms with Gasteiger partial charge in [-0.15, -0.1) is 11.3 Å². The van der Waals surface area contributed by atoms with Gasteiger partial charge in [-0.2, -0.15) is 0 Å². The number of rotatable bonds is 10. The fourth-order valence-corrected chi connectivity index (χ4v) is 3.72.